The number of piperidine rings is 1. The lowest BCUT2D eigenvalue weighted by Crippen LogP contribution is -2.56. The van der Waals surface area contributed by atoms with Crippen LogP contribution < -0.4 is 0 Å². The van der Waals surface area contributed by atoms with Crippen LogP contribution in [0, 0.1) is 23.2 Å². The standard InChI is InChI=1S/C14H24N2/c1-12-6-7-14(11-15,13(2)10-12)16-8-4-3-5-9-16/h12-13H,3-10H2,1-2H3. The normalized spacial score (nSPS) is 41.6. The highest BCUT2D eigenvalue weighted by Gasteiger charge is 2.45. The highest BCUT2D eigenvalue weighted by atomic mass is 15.2. The third kappa shape index (κ3) is 1.98. The minimum absolute atomic E-state index is 0.132. The van der Waals surface area contributed by atoms with E-state index in [4.69, 9.17) is 0 Å². The van der Waals surface area contributed by atoms with Gasteiger partial charge in [-0.2, -0.15) is 5.26 Å². The zero-order valence-electron chi connectivity index (χ0n) is 10.7. The second-order valence-electron chi connectivity index (χ2n) is 5.86. The average molecular weight is 220 g/mol. The van der Waals surface area contributed by atoms with Crippen molar-refractivity contribution in [3.05, 3.63) is 0 Å². The third-order valence-electron chi connectivity index (χ3n) is 4.70. The molecular weight excluding hydrogens is 196 g/mol. The van der Waals surface area contributed by atoms with Crippen molar-refractivity contribution in [2.75, 3.05) is 13.1 Å². The minimum Gasteiger partial charge on any atom is -0.285 e. The molecule has 0 aromatic heterocycles. The Balaban J connectivity index is 2.14. The number of hydrogen-bond donors (Lipinski definition) is 0. The van der Waals surface area contributed by atoms with Gasteiger partial charge in [0.2, 0.25) is 0 Å². The predicted octanol–water partition coefficient (Wildman–Crippen LogP) is 3.19. The lowest BCUT2D eigenvalue weighted by molar-refractivity contribution is 0.0238. The minimum atomic E-state index is -0.132. The van der Waals surface area contributed by atoms with Gasteiger partial charge in [0.15, 0.2) is 0 Å². The Kier molecular flexibility index (Phi) is 3.54. The predicted molar refractivity (Wildman–Crippen MR) is 65.9 cm³/mol. The van der Waals surface area contributed by atoms with Gasteiger partial charge in [-0.1, -0.05) is 20.3 Å². The Morgan fingerprint density at radius 2 is 1.88 bits per heavy atom. The Morgan fingerprint density at radius 3 is 2.44 bits per heavy atom. The molecule has 0 amide bonds. The smallest absolute Gasteiger partial charge is 0.111 e. The molecule has 3 atom stereocenters. The zero-order valence-corrected chi connectivity index (χ0v) is 10.7. The van der Waals surface area contributed by atoms with Crippen LogP contribution in [-0.2, 0) is 0 Å². The molecule has 3 unspecified atom stereocenters. The van der Waals surface area contributed by atoms with Crippen molar-refractivity contribution in [2.45, 2.75) is 57.9 Å². The van der Waals surface area contributed by atoms with Gasteiger partial charge >= 0.3 is 0 Å². The van der Waals surface area contributed by atoms with E-state index >= 15 is 0 Å². The number of nitriles is 1. The second-order valence-corrected chi connectivity index (χ2v) is 5.86. The summed E-state index contributed by atoms with van der Waals surface area (Å²) in [7, 11) is 0. The molecule has 2 fully saturated rings. The number of rotatable bonds is 1. The molecule has 1 saturated heterocycles. The van der Waals surface area contributed by atoms with E-state index in [1.807, 2.05) is 0 Å². The highest BCUT2D eigenvalue weighted by molar-refractivity contribution is 5.13. The van der Waals surface area contributed by atoms with E-state index in [0.29, 0.717) is 5.92 Å². The SMILES string of the molecule is CC1CCC(C#N)(N2CCCCC2)C(C)C1. The van der Waals surface area contributed by atoms with Crippen LogP contribution in [0.3, 0.4) is 0 Å². The summed E-state index contributed by atoms with van der Waals surface area (Å²) in [6, 6.07) is 2.68. The molecule has 2 aliphatic rings. The Labute approximate surface area is 99.6 Å². The van der Waals surface area contributed by atoms with Crippen molar-refractivity contribution in [3.8, 4) is 6.07 Å². The van der Waals surface area contributed by atoms with Crippen LogP contribution in [0.5, 0.6) is 0 Å². The van der Waals surface area contributed by atoms with Gasteiger partial charge in [-0.15, -0.1) is 0 Å². The fraction of sp³-hybridized carbons (Fsp3) is 0.929. The van der Waals surface area contributed by atoms with Gasteiger partial charge in [-0.05, 0) is 57.0 Å². The fourth-order valence-corrected chi connectivity index (χ4v) is 3.63. The van der Waals surface area contributed by atoms with Crippen molar-refractivity contribution >= 4 is 0 Å². The molecule has 1 saturated carbocycles. The lowest BCUT2D eigenvalue weighted by atomic mass is 9.69. The maximum atomic E-state index is 9.66. The molecule has 0 radical (unpaired) electrons. The quantitative estimate of drug-likeness (QED) is 0.678. The van der Waals surface area contributed by atoms with E-state index in [1.54, 1.807) is 0 Å². The molecule has 1 aliphatic carbocycles. The summed E-state index contributed by atoms with van der Waals surface area (Å²) >= 11 is 0. The fourth-order valence-electron chi connectivity index (χ4n) is 3.63. The first kappa shape index (κ1) is 11.9. The Morgan fingerprint density at radius 1 is 1.19 bits per heavy atom. The molecule has 2 nitrogen and oxygen atoms in total. The van der Waals surface area contributed by atoms with Gasteiger partial charge in [0.05, 0.1) is 6.07 Å². The summed E-state index contributed by atoms with van der Waals surface area (Å²) in [5, 5.41) is 9.66. The molecule has 1 heterocycles. The van der Waals surface area contributed by atoms with Crippen LogP contribution in [0.4, 0.5) is 0 Å². The summed E-state index contributed by atoms with van der Waals surface area (Å²) in [4.78, 5) is 2.49. The van der Waals surface area contributed by atoms with Crippen molar-refractivity contribution in [1.82, 2.24) is 4.90 Å². The number of hydrogen-bond acceptors (Lipinski definition) is 2. The summed E-state index contributed by atoms with van der Waals surface area (Å²) in [6.45, 7) is 6.90. The van der Waals surface area contributed by atoms with E-state index in [-0.39, 0.29) is 5.54 Å². The van der Waals surface area contributed by atoms with Crippen LogP contribution >= 0.6 is 0 Å². The molecule has 1 aliphatic heterocycles. The van der Waals surface area contributed by atoms with Gasteiger partial charge < -0.3 is 0 Å². The number of nitrogens with zero attached hydrogens (tertiary/aromatic N) is 2. The topological polar surface area (TPSA) is 27.0 Å². The van der Waals surface area contributed by atoms with Crippen LogP contribution in [0.2, 0.25) is 0 Å². The van der Waals surface area contributed by atoms with Gasteiger partial charge in [0, 0.05) is 0 Å². The van der Waals surface area contributed by atoms with Gasteiger partial charge in [-0.3, -0.25) is 4.90 Å². The first-order valence-corrected chi connectivity index (χ1v) is 6.85. The largest absolute Gasteiger partial charge is 0.285 e. The molecule has 2 rings (SSSR count). The average Bonchev–Trinajstić information content (AvgIpc) is 2.31. The van der Waals surface area contributed by atoms with Crippen LogP contribution in [0.1, 0.15) is 52.4 Å². The van der Waals surface area contributed by atoms with Crippen molar-refractivity contribution in [3.63, 3.8) is 0 Å². The summed E-state index contributed by atoms with van der Waals surface area (Å²) < 4.78 is 0. The van der Waals surface area contributed by atoms with E-state index in [2.05, 4.69) is 24.8 Å². The monoisotopic (exact) mass is 220 g/mol. The first-order chi connectivity index (χ1) is 7.69. The number of likely N-dealkylation sites (tertiary alicyclic amines) is 1. The summed E-state index contributed by atoms with van der Waals surface area (Å²) in [5.74, 6) is 1.35. The molecule has 0 N–H and O–H groups in total. The molecule has 90 valence electrons. The molecular formula is C14H24N2. The van der Waals surface area contributed by atoms with Crippen LogP contribution in [-0.4, -0.2) is 23.5 Å². The maximum absolute atomic E-state index is 9.66. The second kappa shape index (κ2) is 4.75. The first-order valence-electron chi connectivity index (χ1n) is 6.85. The molecule has 0 spiro atoms. The van der Waals surface area contributed by atoms with Crippen LogP contribution in [0.25, 0.3) is 0 Å². The maximum Gasteiger partial charge on any atom is 0.111 e. The Bertz CT molecular complexity index is 275. The van der Waals surface area contributed by atoms with Gasteiger partial charge in [0.1, 0.15) is 5.54 Å². The summed E-state index contributed by atoms with van der Waals surface area (Å²) in [6.07, 6.45) is 7.46. The van der Waals surface area contributed by atoms with E-state index in [9.17, 15) is 5.26 Å². The van der Waals surface area contributed by atoms with Crippen molar-refractivity contribution < 1.29 is 0 Å². The summed E-state index contributed by atoms with van der Waals surface area (Å²) in [5.41, 5.74) is -0.132. The molecule has 0 bridgehead atoms. The third-order valence-corrected chi connectivity index (χ3v) is 4.70. The molecule has 2 heteroatoms. The Hall–Kier alpha value is -0.550. The van der Waals surface area contributed by atoms with Crippen molar-refractivity contribution in [1.29, 1.82) is 5.26 Å². The lowest BCUT2D eigenvalue weighted by Gasteiger charge is -2.48. The van der Waals surface area contributed by atoms with E-state index in [1.165, 1.54) is 32.1 Å². The zero-order chi connectivity index (χ0) is 11.6. The molecule has 0 aromatic carbocycles. The van der Waals surface area contributed by atoms with Crippen LogP contribution in [0.15, 0.2) is 0 Å². The highest BCUT2D eigenvalue weighted by Crippen LogP contribution is 2.41. The molecule has 0 aromatic rings. The van der Waals surface area contributed by atoms with Crippen molar-refractivity contribution in [2.24, 2.45) is 11.8 Å². The van der Waals surface area contributed by atoms with E-state index < -0.39 is 0 Å². The van der Waals surface area contributed by atoms with Gasteiger partial charge in [0.25, 0.3) is 0 Å². The molecule has 16 heavy (non-hydrogen) atoms. The van der Waals surface area contributed by atoms with E-state index in [0.717, 1.165) is 25.4 Å². The van der Waals surface area contributed by atoms with Gasteiger partial charge in [-0.25, -0.2) is 0 Å².